The largest absolute Gasteiger partial charge is 0.350 e. The Labute approximate surface area is 190 Å². The Balaban J connectivity index is 1.77. The molecule has 4 rings (SSSR count). The lowest BCUT2D eigenvalue weighted by atomic mass is 10.1. The minimum atomic E-state index is -0.382. The van der Waals surface area contributed by atoms with Crippen LogP contribution < -0.4 is 10.2 Å². The van der Waals surface area contributed by atoms with Crippen molar-refractivity contribution in [3.05, 3.63) is 99.0 Å². The molecule has 6 heteroatoms. The van der Waals surface area contributed by atoms with E-state index >= 15 is 0 Å². The van der Waals surface area contributed by atoms with Crippen molar-refractivity contribution in [2.24, 2.45) is 0 Å². The molecule has 3 aromatic carbocycles. The monoisotopic (exact) mass is 448 g/mol. The van der Waals surface area contributed by atoms with Crippen molar-refractivity contribution in [3.8, 4) is 0 Å². The Morgan fingerprint density at radius 3 is 2.23 bits per heavy atom. The van der Waals surface area contributed by atoms with Crippen molar-refractivity contribution in [1.82, 2.24) is 0 Å². The predicted octanol–water partition coefficient (Wildman–Crippen LogP) is 6.25. The van der Waals surface area contributed by atoms with Crippen LogP contribution in [0.15, 0.2) is 82.2 Å². The normalized spacial score (nSPS) is 13.9. The molecule has 0 unspecified atom stereocenters. The van der Waals surface area contributed by atoms with Gasteiger partial charge in [-0.15, -0.1) is 0 Å². The van der Waals surface area contributed by atoms with Crippen LogP contribution in [0.2, 0.25) is 5.02 Å². The van der Waals surface area contributed by atoms with Gasteiger partial charge in [0.15, 0.2) is 0 Å². The topological polar surface area (TPSA) is 49.4 Å². The summed E-state index contributed by atoms with van der Waals surface area (Å²) in [6.45, 7) is 5.88. The van der Waals surface area contributed by atoms with Crippen molar-refractivity contribution in [1.29, 1.82) is 0 Å². The second-order valence-electron chi connectivity index (χ2n) is 7.42. The Bertz CT molecular complexity index is 1220. The lowest BCUT2D eigenvalue weighted by Crippen LogP contribution is -2.33. The second kappa shape index (κ2) is 8.61. The minimum absolute atomic E-state index is 0.274. The predicted molar refractivity (Wildman–Crippen MR) is 128 cm³/mol. The number of hydrogen-bond acceptors (Lipinski definition) is 4. The van der Waals surface area contributed by atoms with Gasteiger partial charge in [-0.25, -0.2) is 4.90 Å². The molecule has 0 fully saturated rings. The van der Waals surface area contributed by atoms with Crippen LogP contribution in [0, 0.1) is 20.8 Å². The van der Waals surface area contributed by atoms with Gasteiger partial charge >= 0.3 is 0 Å². The quantitative estimate of drug-likeness (QED) is 0.468. The number of carbonyl (C=O) groups excluding carboxylic acids is 2. The number of thioether (sulfide) groups is 1. The smallest absolute Gasteiger partial charge is 0.283 e. The fourth-order valence-corrected chi connectivity index (χ4v) is 4.55. The van der Waals surface area contributed by atoms with Crippen LogP contribution in [-0.4, -0.2) is 11.8 Å². The Morgan fingerprint density at radius 1 is 0.806 bits per heavy atom. The van der Waals surface area contributed by atoms with Crippen molar-refractivity contribution in [2.45, 2.75) is 25.7 Å². The maximum atomic E-state index is 13.4. The van der Waals surface area contributed by atoms with E-state index in [1.54, 1.807) is 18.2 Å². The highest BCUT2D eigenvalue weighted by atomic mass is 35.5. The molecule has 0 saturated heterocycles. The fourth-order valence-electron chi connectivity index (χ4n) is 3.37. The molecular weight excluding hydrogens is 428 g/mol. The van der Waals surface area contributed by atoms with E-state index in [4.69, 9.17) is 11.6 Å². The lowest BCUT2D eigenvalue weighted by Gasteiger charge is -2.18. The number of imide groups is 1. The van der Waals surface area contributed by atoms with Crippen molar-refractivity contribution < 1.29 is 9.59 Å². The lowest BCUT2D eigenvalue weighted by molar-refractivity contribution is -0.120. The molecule has 1 aliphatic rings. The van der Waals surface area contributed by atoms with Gasteiger partial charge < -0.3 is 5.32 Å². The molecule has 0 saturated carbocycles. The molecule has 156 valence electrons. The molecule has 31 heavy (non-hydrogen) atoms. The molecule has 4 nitrogen and oxygen atoms in total. The van der Waals surface area contributed by atoms with Gasteiger partial charge in [0.2, 0.25) is 0 Å². The third-order valence-corrected chi connectivity index (χ3v) is 6.51. The number of nitrogens with one attached hydrogen (secondary N) is 1. The molecule has 1 N–H and O–H groups in total. The summed E-state index contributed by atoms with van der Waals surface area (Å²) in [6.07, 6.45) is 0. The van der Waals surface area contributed by atoms with Crippen LogP contribution in [-0.2, 0) is 9.59 Å². The number of hydrogen-bond donors (Lipinski definition) is 1. The summed E-state index contributed by atoms with van der Waals surface area (Å²) in [5.41, 5.74) is 4.58. The molecule has 1 aliphatic heterocycles. The highest BCUT2D eigenvalue weighted by Gasteiger charge is 2.40. The van der Waals surface area contributed by atoms with E-state index in [0.29, 0.717) is 15.6 Å². The number of benzene rings is 3. The van der Waals surface area contributed by atoms with Crippen LogP contribution >= 0.6 is 23.4 Å². The van der Waals surface area contributed by atoms with E-state index in [9.17, 15) is 9.59 Å². The number of halogens is 1. The summed E-state index contributed by atoms with van der Waals surface area (Å²) in [6, 6.07) is 20.6. The van der Waals surface area contributed by atoms with E-state index in [0.717, 1.165) is 27.3 Å². The summed E-state index contributed by atoms with van der Waals surface area (Å²) in [7, 11) is 0. The standard InChI is InChI=1S/C25H21ClN2O2S/c1-15-9-11-19(14-16(15)2)27-22-23(31-20-7-5-4-6-8-20)25(30)28(24(22)29)21-12-10-18(26)13-17(21)3/h4-14,27H,1-3H3. The highest BCUT2D eigenvalue weighted by Crippen LogP contribution is 2.39. The molecule has 0 radical (unpaired) electrons. The molecular formula is C25H21ClN2O2S. The Hall–Kier alpha value is -3.02. The average molecular weight is 449 g/mol. The average Bonchev–Trinajstić information content (AvgIpc) is 2.96. The van der Waals surface area contributed by atoms with Crippen molar-refractivity contribution in [2.75, 3.05) is 10.2 Å². The first-order chi connectivity index (χ1) is 14.8. The van der Waals surface area contributed by atoms with E-state index in [-0.39, 0.29) is 17.5 Å². The van der Waals surface area contributed by atoms with Gasteiger partial charge in [0.25, 0.3) is 11.8 Å². The number of anilines is 2. The highest BCUT2D eigenvalue weighted by molar-refractivity contribution is 8.04. The van der Waals surface area contributed by atoms with Gasteiger partial charge in [0, 0.05) is 15.6 Å². The summed E-state index contributed by atoms with van der Waals surface area (Å²) < 4.78 is 0. The van der Waals surface area contributed by atoms with E-state index in [1.807, 2.05) is 69.3 Å². The van der Waals surface area contributed by atoms with Crippen molar-refractivity contribution in [3.63, 3.8) is 0 Å². The SMILES string of the molecule is Cc1ccc(NC2=C(Sc3ccccc3)C(=O)N(c3ccc(Cl)cc3C)C2=O)cc1C. The summed E-state index contributed by atoms with van der Waals surface area (Å²) in [4.78, 5) is 29.4. The van der Waals surface area contributed by atoms with E-state index in [1.165, 1.54) is 16.7 Å². The van der Waals surface area contributed by atoms with Crippen LogP contribution in [0.5, 0.6) is 0 Å². The van der Waals surface area contributed by atoms with Crippen LogP contribution in [0.1, 0.15) is 16.7 Å². The molecule has 0 aliphatic carbocycles. The second-order valence-corrected chi connectivity index (χ2v) is 8.94. The summed E-state index contributed by atoms with van der Waals surface area (Å²) in [5.74, 6) is -0.734. The number of carbonyl (C=O) groups is 2. The fraction of sp³-hybridized carbons (Fsp3) is 0.120. The van der Waals surface area contributed by atoms with Gasteiger partial charge in [-0.3, -0.25) is 9.59 Å². The van der Waals surface area contributed by atoms with E-state index < -0.39 is 0 Å². The molecule has 0 aromatic heterocycles. The van der Waals surface area contributed by atoms with Gasteiger partial charge in [0.1, 0.15) is 10.6 Å². The van der Waals surface area contributed by atoms with Gasteiger partial charge in [-0.1, -0.05) is 47.6 Å². The maximum absolute atomic E-state index is 13.4. The molecule has 1 heterocycles. The van der Waals surface area contributed by atoms with Gasteiger partial charge in [-0.2, -0.15) is 0 Å². The van der Waals surface area contributed by atoms with Gasteiger partial charge in [-0.05, 0) is 79.9 Å². The molecule has 0 spiro atoms. The Morgan fingerprint density at radius 2 is 1.55 bits per heavy atom. The van der Waals surface area contributed by atoms with Crippen LogP contribution in [0.25, 0.3) is 0 Å². The van der Waals surface area contributed by atoms with Crippen LogP contribution in [0.4, 0.5) is 11.4 Å². The molecule has 0 atom stereocenters. The summed E-state index contributed by atoms with van der Waals surface area (Å²) >= 11 is 7.36. The first-order valence-electron chi connectivity index (χ1n) is 9.81. The molecule has 2 amide bonds. The summed E-state index contributed by atoms with van der Waals surface area (Å²) in [5, 5.41) is 3.77. The Kier molecular flexibility index (Phi) is 5.90. The zero-order valence-corrected chi connectivity index (χ0v) is 19.0. The number of amides is 2. The molecule has 0 bridgehead atoms. The third kappa shape index (κ3) is 4.24. The minimum Gasteiger partial charge on any atom is -0.350 e. The number of nitrogens with zero attached hydrogens (tertiary/aromatic N) is 1. The maximum Gasteiger partial charge on any atom is 0.283 e. The first kappa shape index (κ1) is 21.2. The zero-order valence-electron chi connectivity index (χ0n) is 17.4. The van der Waals surface area contributed by atoms with Crippen molar-refractivity contribution >= 4 is 46.6 Å². The zero-order chi connectivity index (χ0) is 22.1. The van der Waals surface area contributed by atoms with Gasteiger partial charge in [0.05, 0.1) is 5.69 Å². The number of rotatable bonds is 5. The third-order valence-electron chi connectivity index (χ3n) is 5.18. The van der Waals surface area contributed by atoms with Crippen LogP contribution in [0.3, 0.4) is 0 Å². The molecule has 3 aromatic rings. The van der Waals surface area contributed by atoms with E-state index in [2.05, 4.69) is 5.32 Å². The first-order valence-corrected chi connectivity index (χ1v) is 11.0. The number of aryl methyl sites for hydroxylation is 3.